The fourth-order valence-electron chi connectivity index (χ4n) is 7.04. The molecule has 89 heavy (non-hydrogen) atoms. The second-order valence-electron chi connectivity index (χ2n) is 17.3. The smallest absolute Gasteiger partial charge is 0.329 e. The number of anilines is 4. The zero-order chi connectivity index (χ0) is 59.6. The molecule has 0 spiro atoms. The third kappa shape index (κ3) is 23.6. The highest BCUT2D eigenvalue weighted by Crippen LogP contribution is 2.30. The van der Waals surface area contributed by atoms with Crippen molar-refractivity contribution in [2.45, 2.75) is 57.0 Å². The molecular weight excluding hydrogens is 1210 g/mol. The van der Waals surface area contributed by atoms with Crippen LogP contribution < -0.4 is 37.1 Å². The van der Waals surface area contributed by atoms with E-state index in [9.17, 15) is 14.9 Å². The van der Waals surface area contributed by atoms with Gasteiger partial charge < -0.3 is 42.1 Å². The fraction of sp³-hybridized carbons (Fsp3) is 0.119. The van der Waals surface area contributed by atoms with Gasteiger partial charge >= 0.3 is 5.69 Å². The summed E-state index contributed by atoms with van der Waals surface area (Å²) in [6.45, 7) is 1.63. The quantitative estimate of drug-likeness (QED) is 0.0293. The second-order valence-corrected chi connectivity index (χ2v) is 19.0. The number of rotatable bonds is 14. The number of carbonyl (C=O) groups is 1. The van der Waals surface area contributed by atoms with Crippen LogP contribution in [0.15, 0.2) is 218 Å². The average molecular weight is 1280 g/mol. The number of hydrogen-bond donors (Lipinski definition) is 5. The van der Waals surface area contributed by atoms with Crippen molar-refractivity contribution in [3.8, 4) is 28.6 Å². The van der Waals surface area contributed by atoms with Crippen molar-refractivity contribution in [3.05, 3.63) is 271 Å². The number of hydrogen-bond acceptors (Lipinski definition) is 16. The van der Waals surface area contributed by atoms with Gasteiger partial charge in [-0.3, -0.25) is 19.9 Å². The van der Waals surface area contributed by atoms with Crippen LogP contribution >= 0.6 is 46.4 Å². The number of nitrogens with zero attached hydrogens (tertiary/aromatic N) is 7. The second kappa shape index (κ2) is 38.8. The topological polar surface area (TPSA) is 285 Å². The lowest BCUT2D eigenvalue weighted by Gasteiger charge is -2.06. The van der Waals surface area contributed by atoms with Crippen molar-refractivity contribution < 1.29 is 23.9 Å². The lowest BCUT2D eigenvalue weighted by atomic mass is 10.2. The molecule has 464 valence electrons. The number of carbonyl (C=O) groups excluding carboxylic acids is 1. The zero-order valence-corrected chi connectivity index (χ0v) is 47.4. The van der Waals surface area contributed by atoms with Crippen molar-refractivity contribution in [1.82, 2.24) is 29.9 Å². The van der Waals surface area contributed by atoms with E-state index in [1.807, 2.05) is 140 Å². The first-order chi connectivity index (χ1) is 40.7. The molecule has 18 nitrogen and oxygen atoms in total. The van der Waals surface area contributed by atoms with Gasteiger partial charge in [0.05, 0.1) is 25.7 Å². The number of halogens is 4. The van der Waals surface area contributed by atoms with Crippen LogP contribution in [-0.4, -0.2) is 47.3 Å². The molecule has 5 heterocycles. The van der Waals surface area contributed by atoms with E-state index in [0.717, 1.165) is 62.7 Å². The van der Waals surface area contributed by atoms with Gasteiger partial charge in [-0.25, -0.2) is 24.9 Å². The number of nitrogens with one attached hydrogen (secondary N) is 1. The summed E-state index contributed by atoms with van der Waals surface area (Å²) in [6.07, 6.45) is 8.53. The maximum atomic E-state index is 10.5. The summed E-state index contributed by atoms with van der Waals surface area (Å²) in [5, 5.41) is 11.8. The molecule has 9 N–H and O–H groups in total. The number of aromatic nitrogens is 6. The summed E-state index contributed by atoms with van der Waals surface area (Å²) in [5.74, 6) is 3.55. The number of ether oxygens (including phenoxy) is 3. The molecule has 0 aliphatic rings. The average Bonchev–Trinajstić information content (AvgIpc) is 4.22. The van der Waals surface area contributed by atoms with E-state index < -0.39 is 4.92 Å². The Morgan fingerprint density at radius 2 is 0.888 bits per heavy atom. The Hall–Kier alpha value is -10.1. The number of nitrogen functional groups attached to an aromatic ring is 4. The van der Waals surface area contributed by atoms with Gasteiger partial charge in [-0.1, -0.05) is 175 Å². The van der Waals surface area contributed by atoms with Crippen LogP contribution in [0.2, 0.25) is 20.1 Å². The third-order valence-corrected chi connectivity index (χ3v) is 12.7. The highest BCUT2D eigenvalue weighted by Gasteiger charge is 2.17. The molecule has 0 amide bonds. The number of nitrogens with two attached hydrogens (primary N) is 4. The molecular formula is C67H72Cl4N12O6. The minimum Gasteiger partial charge on any atom is -0.489 e. The molecule has 0 saturated carbocycles. The Labute approximate surface area is 539 Å². The van der Waals surface area contributed by atoms with E-state index in [2.05, 4.69) is 34.9 Å². The summed E-state index contributed by atoms with van der Waals surface area (Å²) < 4.78 is 17.1. The van der Waals surface area contributed by atoms with E-state index in [-0.39, 0.29) is 59.5 Å². The third-order valence-electron chi connectivity index (χ3n) is 11.4. The first-order valence-corrected chi connectivity index (χ1v) is 26.7. The van der Waals surface area contributed by atoms with E-state index in [4.69, 9.17) is 83.5 Å². The van der Waals surface area contributed by atoms with Crippen LogP contribution in [0.5, 0.6) is 17.2 Å². The first kappa shape index (κ1) is 75.0. The zero-order valence-electron chi connectivity index (χ0n) is 44.4. The van der Waals surface area contributed by atoms with E-state index in [0.29, 0.717) is 63.3 Å². The van der Waals surface area contributed by atoms with E-state index in [1.54, 1.807) is 61.1 Å². The fourth-order valence-corrected chi connectivity index (χ4v) is 7.81. The summed E-state index contributed by atoms with van der Waals surface area (Å²) in [6, 6.07) is 58.9. The lowest BCUT2D eigenvalue weighted by molar-refractivity contribution is -0.384. The number of aliphatic imine (C=N–C) groups is 1. The maximum absolute atomic E-state index is 10.5. The highest BCUT2D eigenvalue weighted by atomic mass is 35.5. The summed E-state index contributed by atoms with van der Waals surface area (Å²) in [7, 11) is 0. The van der Waals surface area contributed by atoms with E-state index >= 15 is 0 Å². The van der Waals surface area contributed by atoms with Crippen LogP contribution in [0.4, 0.5) is 34.5 Å². The van der Waals surface area contributed by atoms with Crippen molar-refractivity contribution in [2.24, 2.45) is 4.99 Å². The Morgan fingerprint density at radius 1 is 0.483 bits per heavy atom. The molecule has 0 saturated heterocycles. The maximum Gasteiger partial charge on any atom is 0.329 e. The summed E-state index contributed by atoms with van der Waals surface area (Å²) in [4.78, 5) is 47.5. The number of fused-ring (bicyclic) bond motifs is 1. The van der Waals surface area contributed by atoms with Crippen molar-refractivity contribution in [2.75, 3.05) is 22.9 Å². The van der Waals surface area contributed by atoms with Crippen molar-refractivity contribution in [3.63, 3.8) is 0 Å². The van der Waals surface area contributed by atoms with Crippen LogP contribution in [0, 0.1) is 10.1 Å². The van der Waals surface area contributed by atoms with Gasteiger partial charge in [-0.2, -0.15) is 0 Å². The first-order valence-electron chi connectivity index (χ1n) is 25.1. The van der Waals surface area contributed by atoms with E-state index in [1.165, 1.54) is 18.5 Å². The van der Waals surface area contributed by atoms with Gasteiger partial charge in [0.1, 0.15) is 71.2 Å². The monoisotopic (exact) mass is 1280 g/mol. The molecule has 0 aliphatic carbocycles. The molecule has 22 heteroatoms. The van der Waals surface area contributed by atoms with Gasteiger partial charge in [-0.05, 0) is 119 Å². The van der Waals surface area contributed by atoms with Gasteiger partial charge in [0.2, 0.25) is 5.82 Å². The standard InChI is InChI=1S/C19H14ClN3O.C19H16ClN3O.C14H12O2.C5H4ClN3O2.C5H6ClN3.5CH4/c20-16-10-11-21-19-17(16)22-18(23-19)14-6-8-15(9-7-14)24-12-13-4-2-1-3-5-13;20-17-10-11-22-19(21)18(17)23-12-14-6-8-16(9-7-14)24-13-15-4-2-1-3-5-15;15-10-12-6-8-14(9-7-12)16-11-13-4-2-1-3-5-13;6-3-1-2-8-5(7)4(3)9(10)11;6-3-1-2-9-5(8)4(3)7;;;;;/h1-11H,12H2,(H,21,22,23);1-12H,13H2,(H2,21,22);1-10H,11H2;1-2H,(H2,7,8);1-2H,7H2,(H2,8,9);5*1H4. The molecule has 0 radical (unpaired) electrons. The Balaban J connectivity index is 0.000000391. The van der Waals surface area contributed by atoms with Gasteiger partial charge in [0, 0.05) is 42.1 Å². The Bertz CT molecular complexity index is 3830. The normalized spacial score (nSPS) is 9.75. The van der Waals surface area contributed by atoms with Crippen molar-refractivity contribution >= 4 is 105 Å². The molecule has 11 rings (SSSR count). The molecule has 0 unspecified atom stereocenters. The minimum atomic E-state index is -0.662. The summed E-state index contributed by atoms with van der Waals surface area (Å²) in [5.41, 5.74) is 29.4. The number of imidazole rings is 1. The van der Waals surface area contributed by atoms with Crippen LogP contribution in [0.25, 0.3) is 22.6 Å². The largest absolute Gasteiger partial charge is 0.489 e. The number of H-pyrrole nitrogens is 1. The van der Waals surface area contributed by atoms with Gasteiger partial charge in [0.25, 0.3) is 0 Å². The predicted octanol–water partition coefficient (Wildman–Crippen LogP) is 17.9. The van der Waals surface area contributed by atoms with Gasteiger partial charge in [0.15, 0.2) is 11.5 Å². The molecule has 11 aromatic rings. The van der Waals surface area contributed by atoms with Crippen LogP contribution in [0.3, 0.4) is 0 Å². The number of pyridine rings is 4. The molecule has 0 aliphatic heterocycles. The predicted molar refractivity (Wildman–Crippen MR) is 368 cm³/mol. The van der Waals surface area contributed by atoms with Crippen LogP contribution in [-0.2, 0) is 19.8 Å². The Morgan fingerprint density at radius 3 is 1.29 bits per heavy atom. The molecule has 0 bridgehead atoms. The lowest BCUT2D eigenvalue weighted by Crippen LogP contribution is -1.98. The number of aromatic amines is 1. The van der Waals surface area contributed by atoms with Crippen molar-refractivity contribution in [1.29, 1.82) is 0 Å². The highest BCUT2D eigenvalue weighted by molar-refractivity contribution is 6.35. The molecule has 6 aromatic carbocycles. The van der Waals surface area contributed by atoms with Crippen LogP contribution in [0.1, 0.15) is 69.7 Å². The molecule has 5 aromatic heterocycles. The molecule has 0 fully saturated rings. The van der Waals surface area contributed by atoms with Gasteiger partial charge in [-0.15, -0.1) is 0 Å². The Kier molecular flexibility index (Phi) is 32.7. The number of aldehydes is 1. The number of nitro groups is 1. The summed E-state index contributed by atoms with van der Waals surface area (Å²) >= 11 is 23.2. The minimum absolute atomic E-state index is 0. The number of benzene rings is 6. The SMILES string of the molecule is C.C.C.C.C.Clc1ccnc2nc(-c3ccc(OCc4ccccc4)cc3)[nH]c12.Nc1nccc(Cl)c1N.Nc1nccc(Cl)c1N=Cc1ccc(OCc2ccccc2)cc1.Nc1nccc(Cl)c1[N+](=O)[O-].O=Cc1ccc(OCc2ccccc2)cc1. The molecule has 0 atom stereocenters.